The van der Waals surface area contributed by atoms with Crippen LogP contribution in [0.5, 0.6) is 0 Å². The molecule has 2 aromatic heterocycles. The Morgan fingerprint density at radius 3 is 2.44 bits per heavy atom. The van der Waals surface area contributed by atoms with Gasteiger partial charge < -0.3 is 29.6 Å². The molecule has 2 N–H and O–H groups in total. The van der Waals surface area contributed by atoms with Gasteiger partial charge in [0.05, 0.1) is 23.3 Å². The van der Waals surface area contributed by atoms with Crippen molar-refractivity contribution in [1.29, 1.82) is 0 Å². The molecule has 3 fully saturated rings. The van der Waals surface area contributed by atoms with E-state index in [2.05, 4.69) is 17.2 Å². The lowest BCUT2D eigenvalue weighted by molar-refractivity contribution is -0.0303. The highest BCUT2D eigenvalue weighted by Crippen LogP contribution is 2.38. The van der Waals surface area contributed by atoms with E-state index < -0.39 is 5.60 Å². The molecule has 11 nitrogen and oxygen atoms in total. The number of morpholine rings is 1. The van der Waals surface area contributed by atoms with Crippen molar-refractivity contribution in [3.8, 4) is 0 Å². The number of carbonyl (C=O) groups is 2. The van der Waals surface area contributed by atoms with Crippen LogP contribution in [0.15, 0.2) is 35.3 Å². The molecule has 1 aromatic carbocycles. The van der Waals surface area contributed by atoms with E-state index in [0.717, 1.165) is 36.0 Å². The van der Waals surface area contributed by atoms with E-state index in [4.69, 9.17) is 14.6 Å². The minimum Gasteiger partial charge on any atom is -0.444 e. The van der Waals surface area contributed by atoms with Gasteiger partial charge in [-0.25, -0.2) is 4.79 Å². The van der Waals surface area contributed by atoms with Crippen LogP contribution >= 0.6 is 0 Å². The van der Waals surface area contributed by atoms with Crippen LogP contribution in [0, 0.1) is 6.92 Å². The third-order valence-corrected chi connectivity index (χ3v) is 9.11. The molecule has 3 aliphatic heterocycles. The number of nitrogens with zero attached hydrogens (tertiary/aromatic N) is 4. The highest BCUT2D eigenvalue weighted by atomic mass is 16.6. The van der Waals surface area contributed by atoms with E-state index in [1.165, 1.54) is 0 Å². The van der Waals surface area contributed by atoms with Gasteiger partial charge in [0.2, 0.25) is 0 Å². The first-order chi connectivity index (χ1) is 20.5. The van der Waals surface area contributed by atoms with E-state index >= 15 is 0 Å². The standard InChI is InChI=1S/C32H42N6O5/c1-6-32(12-15-36(16-13-32)30(41)43-31(3,4)5)38-25-11-14-33-28(39)26(25)27(35-38)34-21-7-10-24(20(2)17-21)29(40)37-18-22-8-9-23(19-37)42-22/h7,10-11,14,17,22-23H,6,8-9,12-13,15-16,18-19H2,1-5H3,(H,33,39)(H,34,35). The van der Waals surface area contributed by atoms with Gasteiger partial charge in [0, 0.05) is 43.6 Å². The van der Waals surface area contributed by atoms with Crippen LogP contribution in [0.25, 0.3) is 10.9 Å². The fourth-order valence-electron chi connectivity index (χ4n) is 6.74. The van der Waals surface area contributed by atoms with E-state index in [1.807, 2.05) is 61.5 Å². The number of benzene rings is 1. The number of aryl methyl sites for hydroxylation is 1. The number of nitrogens with one attached hydrogen (secondary N) is 2. The van der Waals surface area contributed by atoms with Gasteiger partial charge in [-0.05, 0) is 89.6 Å². The molecule has 2 atom stereocenters. The molecule has 5 heterocycles. The van der Waals surface area contributed by atoms with Crippen LogP contribution < -0.4 is 10.9 Å². The number of anilines is 2. The molecule has 3 saturated heterocycles. The molecule has 0 spiro atoms. The number of H-pyrrole nitrogens is 1. The molecule has 2 bridgehead atoms. The maximum atomic E-state index is 13.4. The summed E-state index contributed by atoms with van der Waals surface area (Å²) in [6.45, 7) is 12.0. The quantitative estimate of drug-likeness (QED) is 0.433. The molecular weight excluding hydrogens is 548 g/mol. The zero-order valence-electron chi connectivity index (χ0n) is 25.7. The van der Waals surface area contributed by atoms with Crippen LogP contribution in [0.1, 0.15) is 75.7 Å². The van der Waals surface area contributed by atoms with Crippen molar-refractivity contribution in [3.05, 3.63) is 51.9 Å². The minimum atomic E-state index is -0.553. The number of hydrogen-bond donors (Lipinski definition) is 2. The molecule has 3 aromatic rings. The predicted octanol–water partition coefficient (Wildman–Crippen LogP) is 4.92. The summed E-state index contributed by atoms with van der Waals surface area (Å²) in [5.41, 5.74) is 1.86. The molecule has 230 valence electrons. The van der Waals surface area contributed by atoms with Crippen LogP contribution in [0.2, 0.25) is 0 Å². The Morgan fingerprint density at radius 1 is 1.12 bits per heavy atom. The van der Waals surface area contributed by atoms with Crippen molar-refractivity contribution >= 4 is 34.4 Å². The third kappa shape index (κ3) is 5.62. The molecule has 6 rings (SSSR count). The summed E-state index contributed by atoms with van der Waals surface area (Å²) in [5, 5.41) is 8.84. The number of carbonyl (C=O) groups excluding carboxylic acids is 2. The Kier molecular flexibility index (Phi) is 7.48. The van der Waals surface area contributed by atoms with Crippen molar-refractivity contribution in [2.75, 3.05) is 31.5 Å². The summed E-state index contributed by atoms with van der Waals surface area (Å²) in [6.07, 6.45) is 5.80. The van der Waals surface area contributed by atoms with Gasteiger partial charge in [0.25, 0.3) is 11.5 Å². The number of aromatic amines is 1. The third-order valence-electron chi connectivity index (χ3n) is 9.11. The Hall–Kier alpha value is -3.86. The zero-order chi connectivity index (χ0) is 30.5. The Balaban J connectivity index is 1.25. The fourth-order valence-corrected chi connectivity index (χ4v) is 6.74. The lowest BCUT2D eigenvalue weighted by atomic mass is 9.85. The number of amides is 2. The first-order valence-electron chi connectivity index (χ1n) is 15.4. The van der Waals surface area contributed by atoms with Crippen LogP contribution in [0.3, 0.4) is 0 Å². The number of hydrogen-bond acceptors (Lipinski definition) is 7. The second kappa shape index (κ2) is 11.0. The topological polar surface area (TPSA) is 122 Å². The lowest BCUT2D eigenvalue weighted by Crippen LogP contribution is -2.49. The van der Waals surface area contributed by atoms with Gasteiger partial charge >= 0.3 is 6.09 Å². The summed E-state index contributed by atoms with van der Waals surface area (Å²) < 4.78 is 13.5. The Bertz CT molecular complexity index is 1580. The number of rotatable bonds is 5. The van der Waals surface area contributed by atoms with Gasteiger partial charge in [-0.3, -0.25) is 14.3 Å². The molecule has 0 saturated carbocycles. The smallest absolute Gasteiger partial charge is 0.410 e. The number of ether oxygens (including phenoxy) is 2. The van der Waals surface area contributed by atoms with Gasteiger partial charge in [0.1, 0.15) is 11.0 Å². The van der Waals surface area contributed by atoms with E-state index in [-0.39, 0.29) is 35.3 Å². The summed E-state index contributed by atoms with van der Waals surface area (Å²) in [5.74, 6) is 0.487. The number of likely N-dealkylation sites (tertiary alicyclic amines) is 2. The molecular formula is C32H42N6O5. The second-order valence-corrected chi connectivity index (χ2v) is 13.2. The minimum absolute atomic E-state index is 0.0260. The summed E-state index contributed by atoms with van der Waals surface area (Å²) in [4.78, 5) is 45.7. The summed E-state index contributed by atoms with van der Waals surface area (Å²) >= 11 is 0. The van der Waals surface area contributed by atoms with Gasteiger partial charge in [-0.15, -0.1) is 0 Å². The monoisotopic (exact) mass is 590 g/mol. The number of fused-ring (bicyclic) bond motifs is 3. The first kappa shape index (κ1) is 29.2. The molecule has 2 amide bonds. The summed E-state index contributed by atoms with van der Waals surface area (Å²) in [7, 11) is 0. The lowest BCUT2D eigenvalue weighted by Gasteiger charge is -2.42. The Labute approximate surface area is 251 Å². The van der Waals surface area contributed by atoms with E-state index in [9.17, 15) is 14.4 Å². The normalized spacial score (nSPS) is 21.7. The number of piperidine rings is 1. The molecule has 0 aliphatic carbocycles. The predicted molar refractivity (Wildman–Crippen MR) is 164 cm³/mol. The van der Waals surface area contributed by atoms with Gasteiger partial charge in [-0.1, -0.05) is 6.92 Å². The number of aromatic nitrogens is 3. The Morgan fingerprint density at radius 2 is 1.81 bits per heavy atom. The highest BCUT2D eigenvalue weighted by molar-refractivity contribution is 5.97. The maximum absolute atomic E-state index is 13.4. The van der Waals surface area contributed by atoms with Crippen molar-refractivity contribution in [1.82, 2.24) is 24.6 Å². The van der Waals surface area contributed by atoms with Crippen molar-refractivity contribution < 1.29 is 19.1 Å². The van der Waals surface area contributed by atoms with Gasteiger partial charge in [0.15, 0.2) is 5.82 Å². The van der Waals surface area contributed by atoms with E-state index in [0.29, 0.717) is 55.8 Å². The van der Waals surface area contributed by atoms with Crippen molar-refractivity contribution in [3.63, 3.8) is 0 Å². The zero-order valence-corrected chi connectivity index (χ0v) is 25.7. The first-order valence-corrected chi connectivity index (χ1v) is 15.4. The molecule has 43 heavy (non-hydrogen) atoms. The van der Waals surface area contributed by atoms with Crippen molar-refractivity contribution in [2.45, 2.75) is 90.1 Å². The SMILES string of the molecule is CCC1(n2nc(Nc3ccc(C(=O)N4CC5CCC(C4)O5)c(C)c3)c3c(=O)[nH]ccc32)CCN(C(=O)OC(C)(C)C)CC1. The highest BCUT2D eigenvalue weighted by Gasteiger charge is 2.40. The average molecular weight is 591 g/mol. The number of pyridine rings is 1. The molecule has 11 heteroatoms. The largest absolute Gasteiger partial charge is 0.444 e. The molecule has 0 radical (unpaired) electrons. The molecule has 3 aliphatic rings. The van der Waals surface area contributed by atoms with Crippen molar-refractivity contribution in [2.24, 2.45) is 0 Å². The van der Waals surface area contributed by atoms with E-state index in [1.54, 1.807) is 11.1 Å². The average Bonchev–Trinajstić information content (AvgIpc) is 3.51. The maximum Gasteiger partial charge on any atom is 0.410 e. The fraction of sp³-hybridized carbons (Fsp3) is 0.562. The van der Waals surface area contributed by atoms with Crippen LogP contribution in [0.4, 0.5) is 16.3 Å². The van der Waals surface area contributed by atoms with Gasteiger partial charge in [-0.2, -0.15) is 5.10 Å². The van der Waals surface area contributed by atoms with Crippen LogP contribution in [-0.4, -0.2) is 80.6 Å². The summed E-state index contributed by atoms with van der Waals surface area (Å²) in [6, 6.07) is 7.53. The second-order valence-electron chi connectivity index (χ2n) is 13.2. The molecule has 2 unspecified atom stereocenters. The van der Waals surface area contributed by atoms with Crippen LogP contribution in [-0.2, 0) is 15.0 Å².